The van der Waals surface area contributed by atoms with Gasteiger partial charge in [-0.05, 0) is 80.8 Å². The zero-order valence-electron chi connectivity index (χ0n) is 13.7. The quantitative estimate of drug-likeness (QED) is 0.588. The van der Waals surface area contributed by atoms with E-state index in [1.807, 2.05) is 6.92 Å². The molecule has 1 aromatic carbocycles. The highest BCUT2D eigenvalue weighted by molar-refractivity contribution is 9.11. The number of benzene rings is 1. The Hall–Kier alpha value is -0.0600. The minimum atomic E-state index is 0.666. The molecule has 21 heavy (non-hydrogen) atoms. The third-order valence-corrected chi connectivity index (χ3v) is 4.95. The van der Waals surface area contributed by atoms with Crippen molar-refractivity contribution in [3.05, 3.63) is 26.6 Å². The lowest BCUT2D eigenvalue weighted by Gasteiger charge is -2.25. The van der Waals surface area contributed by atoms with Crippen molar-refractivity contribution in [3.8, 4) is 5.75 Å². The Balaban J connectivity index is 2.64. The van der Waals surface area contributed by atoms with E-state index in [4.69, 9.17) is 4.74 Å². The molecule has 0 spiro atoms. The smallest absolute Gasteiger partial charge is 0.147 e. The molecule has 0 aliphatic rings. The van der Waals surface area contributed by atoms with Gasteiger partial charge in [-0.15, -0.1) is 0 Å². The van der Waals surface area contributed by atoms with Crippen molar-refractivity contribution in [2.75, 3.05) is 13.2 Å². The lowest BCUT2D eigenvalue weighted by atomic mass is 9.85. The maximum atomic E-state index is 5.61. The number of hydrogen-bond donors (Lipinski definition) is 1. The third-order valence-electron chi connectivity index (χ3n) is 3.77. The second-order valence-corrected chi connectivity index (χ2v) is 7.81. The number of halogens is 2. The van der Waals surface area contributed by atoms with E-state index in [0.717, 1.165) is 27.8 Å². The Kier molecular flexibility index (Phi) is 8.28. The zero-order chi connectivity index (χ0) is 16.0. The Bertz CT molecular complexity index is 415. The summed E-state index contributed by atoms with van der Waals surface area (Å²) in [6.45, 7) is 13.8. The summed E-state index contributed by atoms with van der Waals surface area (Å²) >= 11 is 7.17. The van der Waals surface area contributed by atoms with Crippen LogP contribution in [0.3, 0.4) is 0 Å². The van der Waals surface area contributed by atoms with Gasteiger partial charge in [-0.2, -0.15) is 0 Å². The Morgan fingerprint density at radius 2 is 1.57 bits per heavy atom. The molecule has 0 amide bonds. The average molecular weight is 421 g/mol. The summed E-state index contributed by atoms with van der Waals surface area (Å²) in [7, 11) is 0. The summed E-state index contributed by atoms with van der Waals surface area (Å²) < 4.78 is 7.61. The van der Waals surface area contributed by atoms with Gasteiger partial charge in [0.1, 0.15) is 5.75 Å². The highest BCUT2D eigenvalue weighted by Gasteiger charge is 2.17. The van der Waals surface area contributed by atoms with Crippen LogP contribution in [0, 0.1) is 17.8 Å². The van der Waals surface area contributed by atoms with Crippen LogP contribution in [0.15, 0.2) is 21.1 Å². The summed E-state index contributed by atoms with van der Waals surface area (Å²) in [5.41, 5.74) is 1.25. The molecule has 0 unspecified atom stereocenters. The summed E-state index contributed by atoms with van der Waals surface area (Å²) in [4.78, 5) is 0. The maximum Gasteiger partial charge on any atom is 0.147 e. The van der Waals surface area contributed by atoms with Crippen LogP contribution < -0.4 is 10.1 Å². The molecule has 2 nitrogen and oxygen atoms in total. The second-order valence-electron chi connectivity index (χ2n) is 6.10. The minimum Gasteiger partial charge on any atom is -0.492 e. The van der Waals surface area contributed by atoms with Gasteiger partial charge < -0.3 is 10.1 Å². The molecule has 4 heteroatoms. The van der Waals surface area contributed by atoms with E-state index in [1.54, 1.807) is 0 Å². The molecule has 0 fully saturated rings. The molecule has 0 bridgehead atoms. The summed E-state index contributed by atoms with van der Waals surface area (Å²) in [6.07, 6.45) is 0. The zero-order valence-corrected chi connectivity index (χ0v) is 16.8. The van der Waals surface area contributed by atoms with Crippen molar-refractivity contribution in [2.24, 2.45) is 17.8 Å². The van der Waals surface area contributed by atoms with Gasteiger partial charge >= 0.3 is 0 Å². The summed E-state index contributed by atoms with van der Waals surface area (Å²) in [5.74, 6) is 3.00. The van der Waals surface area contributed by atoms with E-state index < -0.39 is 0 Å². The molecule has 0 atom stereocenters. The van der Waals surface area contributed by atoms with Crippen LogP contribution in [-0.2, 0) is 6.54 Å². The fourth-order valence-electron chi connectivity index (χ4n) is 2.62. The molecule has 1 rings (SSSR count). The first-order valence-electron chi connectivity index (χ1n) is 7.68. The first-order valence-corrected chi connectivity index (χ1v) is 9.26. The molecule has 0 aromatic heterocycles. The van der Waals surface area contributed by atoms with Crippen molar-refractivity contribution in [2.45, 2.75) is 41.2 Å². The van der Waals surface area contributed by atoms with Gasteiger partial charge in [0.15, 0.2) is 0 Å². The van der Waals surface area contributed by atoms with Gasteiger partial charge in [0.05, 0.1) is 15.6 Å². The predicted molar refractivity (Wildman–Crippen MR) is 97.9 cm³/mol. The van der Waals surface area contributed by atoms with Crippen LogP contribution in [0.5, 0.6) is 5.75 Å². The Morgan fingerprint density at radius 1 is 1.05 bits per heavy atom. The van der Waals surface area contributed by atoms with Crippen molar-refractivity contribution in [3.63, 3.8) is 0 Å². The van der Waals surface area contributed by atoms with Crippen LogP contribution >= 0.6 is 31.9 Å². The minimum absolute atomic E-state index is 0.666. The largest absolute Gasteiger partial charge is 0.492 e. The molecular formula is C17H27Br2NO. The number of hydrogen-bond acceptors (Lipinski definition) is 2. The first-order chi connectivity index (χ1) is 9.86. The molecule has 0 radical (unpaired) electrons. The number of rotatable bonds is 8. The van der Waals surface area contributed by atoms with Crippen molar-refractivity contribution in [1.29, 1.82) is 0 Å². The molecule has 0 aliphatic heterocycles. The van der Waals surface area contributed by atoms with Crippen LogP contribution in [0.2, 0.25) is 0 Å². The van der Waals surface area contributed by atoms with E-state index in [0.29, 0.717) is 24.4 Å². The molecule has 0 aliphatic carbocycles. The first kappa shape index (κ1) is 19.0. The molecule has 1 aromatic rings. The SMILES string of the molecule is CCOc1c(Br)cc(CNCC(C(C)C)C(C)C)cc1Br. The van der Waals surface area contributed by atoms with Gasteiger partial charge in [-0.25, -0.2) is 0 Å². The summed E-state index contributed by atoms with van der Waals surface area (Å²) in [6, 6.07) is 4.25. The molecule has 0 saturated heterocycles. The molecule has 0 saturated carbocycles. The second kappa shape index (κ2) is 9.16. The van der Waals surface area contributed by atoms with Gasteiger partial charge in [0, 0.05) is 6.54 Å². The van der Waals surface area contributed by atoms with Crippen molar-refractivity contribution < 1.29 is 4.74 Å². The van der Waals surface area contributed by atoms with Gasteiger partial charge in [-0.1, -0.05) is 27.7 Å². The standard InChI is InChI=1S/C17H27Br2NO/c1-6-21-17-15(18)7-13(8-16(17)19)9-20-10-14(11(2)3)12(4)5/h7-8,11-12,14,20H,6,9-10H2,1-5H3. The number of ether oxygens (including phenoxy) is 1. The van der Waals surface area contributed by atoms with E-state index in [1.165, 1.54) is 5.56 Å². The van der Waals surface area contributed by atoms with Gasteiger partial charge in [-0.3, -0.25) is 0 Å². The molecule has 1 N–H and O–H groups in total. The fraction of sp³-hybridized carbons (Fsp3) is 0.647. The average Bonchev–Trinajstić information content (AvgIpc) is 2.38. The van der Waals surface area contributed by atoms with E-state index >= 15 is 0 Å². The highest BCUT2D eigenvalue weighted by Crippen LogP contribution is 2.34. The lowest BCUT2D eigenvalue weighted by Crippen LogP contribution is -2.29. The predicted octanol–water partition coefficient (Wildman–Crippen LogP) is 5.63. The lowest BCUT2D eigenvalue weighted by molar-refractivity contribution is 0.275. The summed E-state index contributed by atoms with van der Waals surface area (Å²) in [5, 5.41) is 3.59. The normalized spacial score (nSPS) is 11.7. The Morgan fingerprint density at radius 3 is 2.00 bits per heavy atom. The highest BCUT2D eigenvalue weighted by atomic mass is 79.9. The van der Waals surface area contributed by atoms with E-state index in [2.05, 4.69) is 77.0 Å². The van der Waals surface area contributed by atoms with Crippen molar-refractivity contribution in [1.82, 2.24) is 5.32 Å². The van der Waals surface area contributed by atoms with Crippen LogP contribution in [0.4, 0.5) is 0 Å². The van der Waals surface area contributed by atoms with Crippen molar-refractivity contribution >= 4 is 31.9 Å². The topological polar surface area (TPSA) is 21.3 Å². The number of nitrogens with one attached hydrogen (secondary N) is 1. The maximum absolute atomic E-state index is 5.61. The molecule has 120 valence electrons. The van der Waals surface area contributed by atoms with Crippen LogP contribution in [-0.4, -0.2) is 13.2 Å². The van der Waals surface area contributed by atoms with E-state index in [9.17, 15) is 0 Å². The molecule has 0 heterocycles. The fourth-order valence-corrected chi connectivity index (χ4v) is 4.13. The third kappa shape index (κ3) is 5.91. The van der Waals surface area contributed by atoms with Gasteiger partial charge in [0.2, 0.25) is 0 Å². The Labute approximate surface area is 146 Å². The monoisotopic (exact) mass is 419 g/mol. The van der Waals surface area contributed by atoms with E-state index in [-0.39, 0.29) is 0 Å². The van der Waals surface area contributed by atoms with Crippen LogP contribution in [0.1, 0.15) is 40.2 Å². The van der Waals surface area contributed by atoms with Gasteiger partial charge in [0.25, 0.3) is 0 Å². The van der Waals surface area contributed by atoms with Crippen LogP contribution in [0.25, 0.3) is 0 Å². The molecular weight excluding hydrogens is 394 g/mol.